The topological polar surface area (TPSA) is 59.5 Å². The smallest absolute Gasteiger partial charge is 0.232 e. The molecule has 4 rings (SSSR count). The van der Waals surface area contributed by atoms with Crippen molar-refractivity contribution in [1.82, 2.24) is 9.97 Å². The number of rotatable bonds is 6. The molecule has 6 nitrogen and oxygen atoms in total. The summed E-state index contributed by atoms with van der Waals surface area (Å²) in [5, 5.41) is 3.42. The molecule has 2 aromatic carbocycles. The van der Waals surface area contributed by atoms with Crippen LogP contribution in [0.15, 0.2) is 48.5 Å². The van der Waals surface area contributed by atoms with E-state index in [1.54, 1.807) is 14.2 Å². The van der Waals surface area contributed by atoms with E-state index in [2.05, 4.69) is 41.4 Å². The van der Waals surface area contributed by atoms with Gasteiger partial charge in [0.25, 0.3) is 0 Å². The van der Waals surface area contributed by atoms with E-state index in [4.69, 9.17) is 19.4 Å². The number of nitrogens with one attached hydrogen (secondary N) is 1. The highest BCUT2D eigenvalue weighted by atomic mass is 16.5. The van der Waals surface area contributed by atoms with Crippen molar-refractivity contribution in [2.24, 2.45) is 0 Å². The van der Waals surface area contributed by atoms with Crippen LogP contribution in [-0.4, -0.2) is 30.2 Å². The molecule has 29 heavy (non-hydrogen) atoms. The lowest BCUT2D eigenvalue weighted by molar-refractivity contribution is 0.354. The van der Waals surface area contributed by atoms with Crippen molar-refractivity contribution in [3.05, 3.63) is 65.4 Å². The van der Waals surface area contributed by atoms with E-state index in [0.29, 0.717) is 18.3 Å². The summed E-state index contributed by atoms with van der Waals surface area (Å²) in [5.74, 6) is 2.98. The average Bonchev–Trinajstić information content (AvgIpc) is 3.07. The predicted molar refractivity (Wildman–Crippen MR) is 115 cm³/mol. The summed E-state index contributed by atoms with van der Waals surface area (Å²) < 4.78 is 10.7. The van der Waals surface area contributed by atoms with Crippen molar-refractivity contribution in [2.45, 2.75) is 32.9 Å². The standard InChI is InChI=1S/C23H26N4O2/c1-15-11-22(24-14-17-9-10-20(28-3)21(13-17)29-4)26-23(25-15)27-16(2)12-18-7-5-6-8-19(18)27/h5-11,13,16H,12,14H2,1-4H3,(H,24,25,26). The molecule has 2 heterocycles. The molecule has 0 saturated heterocycles. The van der Waals surface area contributed by atoms with Crippen LogP contribution in [0.25, 0.3) is 0 Å². The van der Waals surface area contributed by atoms with Gasteiger partial charge in [-0.05, 0) is 49.6 Å². The summed E-state index contributed by atoms with van der Waals surface area (Å²) >= 11 is 0. The van der Waals surface area contributed by atoms with Crippen LogP contribution in [0.5, 0.6) is 11.5 Å². The Hall–Kier alpha value is -3.28. The second kappa shape index (κ2) is 7.99. The average molecular weight is 390 g/mol. The van der Waals surface area contributed by atoms with Crippen LogP contribution in [0, 0.1) is 6.92 Å². The number of benzene rings is 2. The molecule has 0 spiro atoms. The zero-order valence-corrected chi connectivity index (χ0v) is 17.3. The zero-order valence-electron chi connectivity index (χ0n) is 17.3. The molecule has 0 bridgehead atoms. The van der Waals surface area contributed by atoms with Gasteiger partial charge in [0, 0.05) is 30.0 Å². The molecule has 0 aliphatic carbocycles. The number of aromatic nitrogens is 2. The van der Waals surface area contributed by atoms with Gasteiger partial charge < -0.3 is 19.7 Å². The van der Waals surface area contributed by atoms with E-state index in [0.717, 1.165) is 35.2 Å². The molecule has 1 atom stereocenters. The van der Waals surface area contributed by atoms with Crippen molar-refractivity contribution in [3.63, 3.8) is 0 Å². The zero-order chi connectivity index (χ0) is 20.4. The van der Waals surface area contributed by atoms with E-state index in [1.807, 2.05) is 31.2 Å². The maximum absolute atomic E-state index is 5.39. The molecule has 1 unspecified atom stereocenters. The van der Waals surface area contributed by atoms with E-state index in [1.165, 1.54) is 11.3 Å². The Kier molecular flexibility index (Phi) is 5.25. The first-order valence-corrected chi connectivity index (χ1v) is 9.76. The van der Waals surface area contributed by atoms with Gasteiger partial charge in [-0.15, -0.1) is 0 Å². The Labute approximate surface area is 171 Å². The number of methoxy groups -OCH3 is 2. The van der Waals surface area contributed by atoms with Crippen molar-refractivity contribution in [2.75, 3.05) is 24.4 Å². The van der Waals surface area contributed by atoms with Gasteiger partial charge in [-0.3, -0.25) is 0 Å². The van der Waals surface area contributed by atoms with Crippen molar-refractivity contribution in [1.29, 1.82) is 0 Å². The highest BCUT2D eigenvalue weighted by molar-refractivity contribution is 5.67. The van der Waals surface area contributed by atoms with Gasteiger partial charge in [0.05, 0.1) is 14.2 Å². The number of hydrogen-bond acceptors (Lipinski definition) is 6. The minimum absolute atomic E-state index is 0.327. The van der Waals surface area contributed by atoms with Crippen molar-refractivity contribution in [3.8, 4) is 11.5 Å². The van der Waals surface area contributed by atoms with Crippen molar-refractivity contribution >= 4 is 17.5 Å². The van der Waals surface area contributed by atoms with Gasteiger partial charge >= 0.3 is 0 Å². The van der Waals surface area contributed by atoms with Crippen LogP contribution in [-0.2, 0) is 13.0 Å². The summed E-state index contributed by atoms with van der Waals surface area (Å²) in [6, 6.07) is 16.7. The first-order valence-electron chi connectivity index (χ1n) is 9.76. The Morgan fingerprint density at radius 1 is 1.03 bits per heavy atom. The Morgan fingerprint density at radius 2 is 1.83 bits per heavy atom. The number of fused-ring (bicyclic) bond motifs is 1. The fourth-order valence-corrected chi connectivity index (χ4v) is 3.80. The molecule has 3 aromatic rings. The molecule has 6 heteroatoms. The lowest BCUT2D eigenvalue weighted by atomic mass is 10.1. The lowest BCUT2D eigenvalue weighted by Gasteiger charge is -2.23. The number of anilines is 3. The molecule has 150 valence electrons. The fraction of sp³-hybridized carbons (Fsp3) is 0.304. The molecular formula is C23H26N4O2. The second-order valence-electron chi connectivity index (χ2n) is 7.29. The first-order chi connectivity index (χ1) is 14.1. The van der Waals surface area contributed by atoms with Gasteiger partial charge in [-0.1, -0.05) is 24.3 Å². The predicted octanol–water partition coefficient (Wildman–Crippen LogP) is 4.50. The summed E-state index contributed by atoms with van der Waals surface area (Å²) in [7, 11) is 3.28. The third kappa shape index (κ3) is 3.83. The number of ether oxygens (including phenoxy) is 2. The first kappa shape index (κ1) is 19.1. The Morgan fingerprint density at radius 3 is 2.62 bits per heavy atom. The van der Waals surface area contributed by atoms with E-state index >= 15 is 0 Å². The molecule has 0 saturated carbocycles. The summed E-state index contributed by atoms with van der Waals surface area (Å²) in [4.78, 5) is 11.7. The highest BCUT2D eigenvalue weighted by Gasteiger charge is 2.29. The van der Waals surface area contributed by atoms with Crippen LogP contribution in [0.3, 0.4) is 0 Å². The van der Waals surface area contributed by atoms with Crippen LogP contribution in [0.4, 0.5) is 17.5 Å². The normalized spacial score (nSPS) is 15.2. The Balaban J connectivity index is 1.57. The number of hydrogen-bond donors (Lipinski definition) is 1. The van der Waals surface area contributed by atoms with E-state index < -0.39 is 0 Å². The van der Waals surface area contributed by atoms with E-state index in [9.17, 15) is 0 Å². The molecule has 1 aromatic heterocycles. The second-order valence-corrected chi connectivity index (χ2v) is 7.29. The molecule has 0 amide bonds. The molecule has 1 aliphatic heterocycles. The van der Waals surface area contributed by atoms with Gasteiger partial charge in [-0.2, -0.15) is 4.98 Å². The SMILES string of the molecule is COc1ccc(CNc2cc(C)nc(N3c4ccccc4CC3C)n2)cc1OC. The molecular weight excluding hydrogens is 364 g/mol. The van der Waals surface area contributed by atoms with Crippen LogP contribution in [0.2, 0.25) is 0 Å². The van der Waals surface area contributed by atoms with Gasteiger partial charge in [0.15, 0.2) is 11.5 Å². The van der Waals surface area contributed by atoms with Crippen LogP contribution in [0.1, 0.15) is 23.7 Å². The fourth-order valence-electron chi connectivity index (χ4n) is 3.80. The molecule has 1 aliphatic rings. The Bertz CT molecular complexity index is 1020. The quantitative estimate of drug-likeness (QED) is 0.669. The van der Waals surface area contributed by atoms with Gasteiger partial charge in [-0.25, -0.2) is 4.98 Å². The van der Waals surface area contributed by atoms with Crippen LogP contribution < -0.4 is 19.7 Å². The molecule has 1 N–H and O–H groups in total. The minimum Gasteiger partial charge on any atom is -0.493 e. The highest BCUT2D eigenvalue weighted by Crippen LogP contribution is 2.36. The number of nitrogens with zero attached hydrogens (tertiary/aromatic N) is 3. The maximum Gasteiger partial charge on any atom is 0.232 e. The summed E-state index contributed by atoms with van der Waals surface area (Å²) in [6.07, 6.45) is 1.00. The lowest BCUT2D eigenvalue weighted by Crippen LogP contribution is -2.26. The molecule has 0 radical (unpaired) electrons. The summed E-state index contributed by atoms with van der Waals surface area (Å²) in [6.45, 7) is 4.84. The van der Waals surface area contributed by atoms with Crippen molar-refractivity contribution < 1.29 is 9.47 Å². The third-order valence-corrected chi connectivity index (χ3v) is 5.19. The maximum atomic E-state index is 5.39. The number of aryl methyl sites for hydroxylation is 1. The van der Waals surface area contributed by atoms with Gasteiger partial charge in [0.1, 0.15) is 5.82 Å². The van der Waals surface area contributed by atoms with E-state index in [-0.39, 0.29) is 0 Å². The molecule has 0 fully saturated rings. The third-order valence-electron chi connectivity index (χ3n) is 5.19. The van der Waals surface area contributed by atoms with Gasteiger partial charge in [0.2, 0.25) is 5.95 Å². The largest absolute Gasteiger partial charge is 0.493 e. The minimum atomic E-state index is 0.327. The summed E-state index contributed by atoms with van der Waals surface area (Å²) in [5.41, 5.74) is 4.54. The number of para-hydroxylation sites is 1. The monoisotopic (exact) mass is 390 g/mol. The van der Waals surface area contributed by atoms with Crippen LogP contribution >= 0.6 is 0 Å².